The quantitative estimate of drug-likeness (QED) is 0.803. The number of hydrogen-bond donors (Lipinski definition) is 0. The summed E-state index contributed by atoms with van der Waals surface area (Å²) < 4.78 is 39.0. The predicted molar refractivity (Wildman–Crippen MR) is 91.2 cm³/mol. The van der Waals surface area contributed by atoms with Crippen molar-refractivity contribution in [2.75, 3.05) is 13.2 Å². The number of furan rings is 1. The van der Waals surface area contributed by atoms with E-state index < -0.39 is 10.0 Å². The zero-order valence-electron chi connectivity index (χ0n) is 14.1. The van der Waals surface area contributed by atoms with E-state index in [-0.39, 0.29) is 12.6 Å². The molecule has 0 aliphatic carbocycles. The van der Waals surface area contributed by atoms with Crippen molar-refractivity contribution in [3.63, 3.8) is 0 Å². The summed E-state index contributed by atoms with van der Waals surface area (Å²) in [5, 5.41) is 0. The van der Waals surface area contributed by atoms with Crippen LogP contribution in [-0.2, 0) is 21.3 Å². The molecule has 130 valence electrons. The van der Waals surface area contributed by atoms with Gasteiger partial charge in [-0.2, -0.15) is 4.31 Å². The number of aryl methyl sites for hydroxylation is 2. The third-order valence-electron chi connectivity index (χ3n) is 4.31. The van der Waals surface area contributed by atoms with Crippen molar-refractivity contribution in [2.45, 2.75) is 44.2 Å². The normalized spacial score (nSPS) is 18.4. The Kier molecular flexibility index (Phi) is 5.08. The minimum Gasteiger partial charge on any atom is -0.468 e. The molecule has 5 nitrogen and oxygen atoms in total. The van der Waals surface area contributed by atoms with Crippen LogP contribution >= 0.6 is 0 Å². The molecule has 6 heteroatoms. The number of rotatable bonds is 6. The summed E-state index contributed by atoms with van der Waals surface area (Å²) in [6.45, 7) is 4.97. The number of nitrogens with zero attached hydrogens (tertiary/aromatic N) is 1. The summed E-state index contributed by atoms with van der Waals surface area (Å²) in [4.78, 5) is 0.354. The molecule has 1 aliphatic heterocycles. The fraction of sp³-hybridized carbons (Fsp3) is 0.444. The number of ether oxygens (including phenoxy) is 1. The average Bonchev–Trinajstić information content (AvgIpc) is 3.22. The Balaban J connectivity index is 1.94. The van der Waals surface area contributed by atoms with Crippen LogP contribution in [0.5, 0.6) is 0 Å². The van der Waals surface area contributed by atoms with Gasteiger partial charge >= 0.3 is 0 Å². The van der Waals surface area contributed by atoms with Gasteiger partial charge in [0.2, 0.25) is 10.0 Å². The van der Waals surface area contributed by atoms with Gasteiger partial charge in [-0.1, -0.05) is 12.1 Å². The van der Waals surface area contributed by atoms with Crippen molar-refractivity contribution in [2.24, 2.45) is 0 Å². The summed E-state index contributed by atoms with van der Waals surface area (Å²) in [6, 6.07) is 9.06. The SMILES string of the molecule is Cc1ccc(C)c(S(=O)(=O)N(Cc2ccco2)CC2CCCO2)c1. The Bertz CT molecular complexity index is 777. The van der Waals surface area contributed by atoms with Crippen molar-refractivity contribution in [1.29, 1.82) is 0 Å². The fourth-order valence-corrected chi connectivity index (χ4v) is 4.71. The third kappa shape index (κ3) is 3.71. The van der Waals surface area contributed by atoms with Gasteiger partial charge in [-0.25, -0.2) is 8.42 Å². The second kappa shape index (κ2) is 7.09. The Labute approximate surface area is 143 Å². The van der Waals surface area contributed by atoms with Gasteiger partial charge in [0.15, 0.2) is 0 Å². The van der Waals surface area contributed by atoms with Gasteiger partial charge in [0.1, 0.15) is 5.76 Å². The Morgan fingerprint density at radius 2 is 2.08 bits per heavy atom. The van der Waals surface area contributed by atoms with E-state index >= 15 is 0 Å². The smallest absolute Gasteiger partial charge is 0.243 e. The maximum absolute atomic E-state index is 13.2. The highest BCUT2D eigenvalue weighted by atomic mass is 32.2. The molecule has 24 heavy (non-hydrogen) atoms. The van der Waals surface area contributed by atoms with Crippen LogP contribution in [0.2, 0.25) is 0 Å². The molecular formula is C18H23NO4S. The van der Waals surface area contributed by atoms with Crippen molar-refractivity contribution >= 4 is 10.0 Å². The van der Waals surface area contributed by atoms with Crippen LogP contribution in [0.25, 0.3) is 0 Å². The van der Waals surface area contributed by atoms with Crippen LogP contribution < -0.4 is 0 Å². The molecule has 1 atom stereocenters. The lowest BCUT2D eigenvalue weighted by Crippen LogP contribution is -2.37. The standard InChI is InChI=1S/C18H23NO4S/c1-14-7-8-15(2)18(11-14)24(20,21)19(12-16-5-3-9-22-16)13-17-6-4-10-23-17/h3,5,7-9,11,17H,4,6,10,12-13H2,1-2H3. The molecule has 1 aromatic heterocycles. The van der Waals surface area contributed by atoms with E-state index in [9.17, 15) is 8.42 Å². The zero-order valence-corrected chi connectivity index (χ0v) is 14.9. The molecule has 1 unspecified atom stereocenters. The van der Waals surface area contributed by atoms with E-state index in [2.05, 4.69) is 0 Å². The molecule has 1 fully saturated rings. The van der Waals surface area contributed by atoms with Gasteiger partial charge < -0.3 is 9.15 Å². The molecule has 0 amide bonds. The predicted octanol–water partition coefficient (Wildman–Crippen LogP) is 3.27. The number of hydrogen-bond acceptors (Lipinski definition) is 4. The first-order chi connectivity index (χ1) is 11.5. The van der Waals surface area contributed by atoms with E-state index in [1.807, 2.05) is 26.0 Å². The highest BCUT2D eigenvalue weighted by Crippen LogP contribution is 2.25. The Morgan fingerprint density at radius 1 is 1.25 bits per heavy atom. The molecule has 1 aliphatic rings. The Hall–Kier alpha value is -1.63. The summed E-state index contributed by atoms with van der Waals surface area (Å²) in [5.74, 6) is 0.627. The second-order valence-electron chi connectivity index (χ2n) is 6.28. The average molecular weight is 349 g/mol. The fourth-order valence-electron chi connectivity index (χ4n) is 2.96. The first-order valence-electron chi connectivity index (χ1n) is 8.18. The van der Waals surface area contributed by atoms with Gasteiger partial charge in [-0.05, 0) is 56.0 Å². The van der Waals surface area contributed by atoms with E-state index in [0.717, 1.165) is 24.0 Å². The van der Waals surface area contributed by atoms with Crippen molar-refractivity contribution in [3.8, 4) is 0 Å². The summed E-state index contributed by atoms with van der Waals surface area (Å²) in [6.07, 6.45) is 3.36. The van der Waals surface area contributed by atoms with E-state index in [0.29, 0.717) is 23.8 Å². The van der Waals surface area contributed by atoms with Crippen LogP contribution in [0.3, 0.4) is 0 Å². The molecule has 3 rings (SSSR count). The van der Waals surface area contributed by atoms with E-state index in [1.54, 1.807) is 24.5 Å². The van der Waals surface area contributed by atoms with Crippen LogP contribution in [0.15, 0.2) is 45.9 Å². The van der Waals surface area contributed by atoms with E-state index in [4.69, 9.17) is 9.15 Å². The third-order valence-corrected chi connectivity index (χ3v) is 6.26. The van der Waals surface area contributed by atoms with Crippen molar-refractivity contribution < 1.29 is 17.6 Å². The van der Waals surface area contributed by atoms with Crippen molar-refractivity contribution in [1.82, 2.24) is 4.31 Å². The zero-order chi connectivity index (χ0) is 17.2. The van der Waals surface area contributed by atoms with Crippen molar-refractivity contribution in [3.05, 3.63) is 53.5 Å². The first-order valence-corrected chi connectivity index (χ1v) is 9.62. The maximum Gasteiger partial charge on any atom is 0.243 e. The highest BCUT2D eigenvalue weighted by Gasteiger charge is 2.31. The van der Waals surface area contributed by atoms with Gasteiger partial charge in [0, 0.05) is 13.2 Å². The molecule has 2 heterocycles. The van der Waals surface area contributed by atoms with Gasteiger partial charge in [-0.3, -0.25) is 0 Å². The van der Waals surface area contributed by atoms with Crippen LogP contribution in [0.1, 0.15) is 29.7 Å². The lowest BCUT2D eigenvalue weighted by Gasteiger charge is -2.25. The number of sulfonamides is 1. The molecular weight excluding hydrogens is 326 g/mol. The minimum atomic E-state index is -3.62. The maximum atomic E-state index is 13.2. The number of benzene rings is 1. The van der Waals surface area contributed by atoms with Crippen LogP contribution in [-0.4, -0.2) is 32.0 Å². The largest absolute Gasteiger partial charge is 0.468 e. The molecule has 0 radical (unpaired) electrons. The second-order valence-corrected chi connectivity index (χ2v) is 8.19. The van der Waals surface area contributed by atoms with Gasteiger partial charge in [0.05, 0.1) is 23.8 Å². The molecule has 0 spiro atoms. The minimum absolute atomic E-state index is 0.0557. The molecule has 2 aromatic rings. The highest BCUT2D eigenvalue weighted by molar-refractivity contribution is 7.89. The molecule has 0 saturated carbocycles. The monoisotopic (exact) mass is 349 g/mol. The summed E-state index contributed by atoms with van der Waals surface area (Å²) in [5.41, 5.74) is 1.67. The molecule has 1 aromatic carbocycles. The van der Waals surface area contributed by atoms with E-state index in [1.165, 1.54) is 4.31 Å². The van der Waals surface area contributed by atoms with Crippen LogP contribution in [0, 0.1) is 13.8 Å². The lowest BCUT2D eigenvalue weighted by molar-refractivity contribution is 0.0914. The van der Waals surface area contributed by atoms with Gasteiger partial charge in [0.25, 0.3) is 0 Å². The topological polar surface area (TPSA) is 59.8 Å². The molecule has 0 bridgehead atoms. The molecule has 1 saturated heterocycles. The summed E-state index contributed by atoms with van der Waals surface area (Å²) in [7, 11) is -3.62. The van der Waals surface area contributed by atoms with Gasteiger partial charge in [-0.15, -0.1) is 0 Å². The molecule has 0 N–H and O–H groups in total. The van der Waals surface area contributed by atoms with Crippen LogP contribution in [0.4, 0.5) is 0 Å². The first kappa shape index (κ1) is 17.2. The summed E-state index contributed by atoms with van der Waals surface area (Å²) >= 11 is 0. The Morgan fingerprint density at radius 3 is 2.75 bits per heavy atom. The lowest BCUT2D eigenvalue weighted by atomic mass is 10.2.